The van der Waals surface area contributed by atoms with E-state index >= 15 is 0 Å². The van der Waals surface area contributed by atoms with E-state index in [0.717, 1.165) is 5.56 Å². The SMILES string of the molecule is Cc1ccccc1C(=O)N[C@@H](Cn1nccn1)C(C)C. The normalized spacial score (nSPS) is 12.4. The molecule has 0 radical (unpaired) electrons. The molecule has 5 nitrogen and oxygen atoms in total. The van der Waals surface area contributed by atoms with Crippen LogP contribution in [0.1, 0.15) is 29.8 Å². The van der Waals surface area contributed by atoms with E-state index in [-0.39, 0.29) is 11.9 Å². The Balaban J connectivity index is 2.08. The average Bonchev–Trinajstić information content (AvgIpc) is 2.91. The maximum absolute atomic E-state index is 12.3. The van der Waals surface area contributed by atoms with Gasteiger partial charge in [0.1, 0.15) is 0 Å². The summed E-state index contributed by atoms with van der Waals surface area (Å²) in [6.07, 6.45) is 3.28. The lowest BCUT2D eigenvalue weighted by Crippen LogP contribution is -2.42. The van der Waals surface area contributed by atoms with Gasteiger partial charge in [0.05, 0.1) is 25.0 Å². The topological polar surface area (TPSA) is 59.8 Å². The molecule has 0 fully saturated rings. The van der Waals surface area contributed by atoms with Gasteiger partial charge in [0.25, 0.3) is 5.91 Å². The third kappa shape index (κ3) is 3.44. The summed E-state index contributed by atoms with van der Waals surface area (Å²) in [5.41, 5.74) is 1.69. The molecule has 1 aromatic carbocycles. The van der Waals surface area contributed by atoms with E-state index < -0.39 is 0 Å². The van der Waals surface area contributed by atoms with Crippen LogP contribution in [0.4, 0.5) is 0 Å². The van der Waals surface area contributed by atoms with Crippen LogP contribution in [0.15, 0.2) is 36.7 Å². The molecule has 0 aliphatic carbocycles. The molecule has 1 aromatic heterocycles. The molecule has 106 valence electrons. The number of nitrogens with one attached hydrogen (secondary N) is 1. The van der Waals surface area contributed by atoms with E-state index in [1.807, 2.05) is 31.2 Å². The summed E-state index contributed by atoms with van der Waals surface area (Å²) in [6, 6.07) is 7.58. The summed E-state index contributed by atoms with van der Waals surface area (Å²) in [5, 5.41) is 11.3. The number of rotatable bonds is 5. The second kappa shape index (κ2) is 6.32. The highest BCUT2D eigenvalue weighted by molar-refractivity contribution is 5.95. The van der Waals surface area contributed by atoms with Gasteiger partial charge in [0, 0.05) is 5.56 Å². The molecular formula is C15H20N4O. The van der Waals surface area contributed by atoms with Gasteiger partial charge in [-0.05, 0) is 24.5 Å². The first-order valence-corrected chi connectivity index (χ1v) is 6.78. The Kier molecular flexibility index (Phi) is 4.50. The number of amides is 1. The predicted molar refractivity (Wildman–Crippen MR) is 77.3 cm³/mol. The Labute approximate surface area is 119 Å². The Hall–Kier alpha value is -2.17. The van der Waals surface area contributed by atoms with Gasteiger partial charge >= 0.3 is 0 Å². The molecule has 20 heavy (non-hydrogen) atoms. The number of hydrogen-bond donors (Lipinski definition) is 1. The molecule has 0 aliphatic heterocycles. The monoisotopic (exact) mass is 272 g/mol. The smallest absolute Gasteiger partial charge is 0.251 e. The van der Waals surface area contributed by atoms with E-state index in [4.69, 9.17) is 0 Å². The summed E-state index contributed by atoms with van der Waals surface area (Å²) in [6.45, 7) is 6.66. The molecule has 0 saturated carbocycles. The molecule has 2 rings (SSSR count). The summed E-state index contributed by atoms with van der Waals surface area (Å²) >= 11 is 0. The molecule has 0 aliphatic rings. The third-order valence-corrected chi connectivity index (χ3v) is 3.34. The number of nitrogens with zero attached hydrogens (tertiary/aromatic N) is 3. The minimum atomic E-state index is -0.0473. The first-order chi connectivity index (χ1) is 9.58. The molecule has 1 N–H and O–H groups in total. The first kappa shape index (κ1) is 14.2. The van der Waals surface area contributed by atoms with Crippen LogP contribution in [0.3, 0.4) is 0 Å². The van der Waals surface area contributed by atoms with Crippen LogP contribution in [-0.4, -0.2) is 26.9 Å². The Morgan fingerprint density at radius 3 is 2.50 bits per heavy atom. The largest absolute Gasteiger partial charge is 0.347 e. The number of carbonyl (C=O) groups is 1. The van der Waals surface area contributed by atoms with E-state index in [0.29, 0.717) is 18.0 Å². The second-order valence-electron chi connectivity index (χ2n) is 5.22. The van der Waals surface area contributed by atoms with Gasteiger partial charge in [0.2, 0.25) is 0 Å². The van der Waals surface area contributed by atoms with Crippen molar-refractivity contribution in [3.05, 3.63) is 47.8 Å². The number of hydrogen-bond acceptors (Lipinski definition) is 3. The number of benzene rings is 1. The minimum Gasteiger partial charge on any atom is -0.347 e. The lowest BCUT2D eigenvalue weighted by atomic mass is 10.0. The summed E-state index contributed by atoms with van der Waals surface area (Å²) < 4.78 is 0. The fraction of sp³-hybridized carbons (Fsp3) is 0.400. The van der Waals surface area contributed by atoms with Gasteiger partial charge in [-0.2, -0.15) is 15.0 Å². The van der Waals surface area contributed by atoms with Crippen molar-refractivity contribution in [3.8, 4) is 0 Å². The zero-order chi connectivity index (χ0) is 14.5. The molecule has 1 heterocycles. The van der Waals surface area contributed by atoms with Gasteiger partial charge < -0.3 is 5.32 Å². The van der Waals surface area contributed by atoms with E-state index in [2.05, 4.69) is 29.4 Å². The van der Waals surface area contributed by atoms with E-state index in [1.54, 1.807) is 17.2 Å². The zero-order valence-corrected chi connectivity index (χ0v) is 12.1. The highest BCUT2D eigenvalue weighted by atomic mass is 16.1. The molecule has 2 aromatic rings. The fourth-order valence-electron chi connectivity index (χ4n) is 2.01. The maximum Gasteiger partial charge on any atom is 0.251 e. The number of aromatic nitrogens is 3. The Morgan fingerprint density at radius 2 is 1.90 bits per heavy atom. The first-order valence-electron chi connectivity index (χ1n) is 6.78. The van der Waals surface area contributed by atoms with Crippen molar-refractivity contribution in [2.75, 3.05) is 0 Å². The van der Waals surface area contributed by atoms with Gasteiger partial charge in [-0.25, -0.2) is 0 Å². The Morgan fingerprint density at radius 1 is 1.25 bits per heavy atom. The molecule has 5 heteroatoms. The number of aryl methyl sites for hydroxylation is 1. The van der Waals surface area contributed by atoms with Crippen molar-refractivity contribution in [2.45, 2.75) is 33.4 Å². The Bertz CT molecular complexity index is 563. The van der Waals surface area contributed by atoms with Crippen LogP contribution in [0.2, 0.25) is 0 Å². The quantitative estimate of drug-likeness (QED) is 0.906. The van der Waals surface area contributed by atoms with Crippen LogP contribution < -0.4 is 5.32 Å². The predicted octanol–water partition coefficient (Wildman–Crippen LogP) is 2.04. The van der Waals surface area contributed by atoms with Crippen molar-refractivity contribution in [2.24, 2.45) is 5.92 Å². The van der Waals surface area contributed by atoms with Crippen molar-refractivity contribution >= 4 is 5.91 Å². The van der Waals surface area contributed by atoms with Crippen LogP contribution in [-0.2, 0) is 6.54 Å². The summed E-state index contributed by atoms with van der Waals surface area (Å²) in [7, 11) is 0. The van der Waals surface area contributed by atoms with Crippen molar-refractivity contribution in [1.82, 2.24) is 20.3 Å². The zero-order valence-electron chi connectivity index (χ0n) is 12.1. The molecule has 1 atom stereocenters. The average molecular weight is 272 g/mol. The van der Waals surface area contributed by atoms with Gasteiger partial charge in [0.15, 0.2) is 0 Å². The summed E-state index contributed by atoms with van der Waals surface area (Å²) in [5.74, 6) is 0.253. The van der Waals surface area contributed by atoms with Crippen molar-refractivity contribution in [3.63, 3.8) is 0 Å². The molecule has 0 unspecified atom stereocenters. The fourth-order valence-corrected chi connectivity index (χ4v) is 2.01. The highest BCUT2D eigenvalue weighted by Crippen LogP contribution is 2.10. The molecule has 0 saturated heterocycles. The van der Waals surface area contributed by atoms with Crippen molar-refractivity contribution < 1.29 is 4.79 Å². The molecule has 0 spiro atoms. The molecule has 0 bridgehead atoms. The van der Waals surface area contributed by atoms with Crippen LogP contribution in [0.5, 0.6) is 0 Å². The summed E-state index contributed by atoms with van der Waals surface area (Å²) in [4.78, 5) is 13.9. The van der Waals surface area contributed by atoms with Gasteiger partial charge in [-0.3, -0.25) is 4.79 Å². The lowest BCUT2D eigenvalue weighted by molar-refractivity contribution is 0.0917. The van der Waals surface area contributed by atoms with Crippen LogP contribution in [0, 0.1) is 12.8 Å². The lowest BCUT2D eigenvalue weighted by Gasteiger charge is -2.22. The van der Waals surface area contributed by atoms with Crippen LogP contribution >= 0.6 is 0 Å². The second-order valence-corrected chi connectivity index (χ2v) is 5.22. The number of carbonyl (C=O) groups excluding carboxylic acids is 1. The van der Waals surface area contributed by atoms with Gasteiger partial charge in [-0.1, -0.05) is 32.0 Å². The molecular weight excluding hydrogens is 252 g/mol. The van der Waals surface area contributed by atoms with Crippen molar-refractivity contribution in [1.29, 1.82) is 0 Å². The van der Waals surface area contributed by atoms with Crippen LogP contribution in [0.25, 0.3) is 0 Å². The minimum absolute atomic E-state index is 0.00509. The highest BCUT2D eigenvalue weighted by Gasteiger charge is 2.19. The molecule has 1 amide bonds. The maximum atomic E-state index is 12.3. The van der Waals surface area contributed by atoms with E-state index in [9.17, 15) is 4.79 Å². The van der Waals surface area contributed by atoms with E-state index in [1.165, 1.54) is 0 Å². The standard InChI is InChI=1S/C15H20N4O/c1-11(2)14(10-19-16-8-9-17-19)18-15(20)13-7-5-4-6-12(13)3/h4-9,11,14H,10H2,1-3H3,(H,18,20)/t14-/m0/s1. The van der Waals surface area contributed by atoms with Gasteiger partial charge in [-0.15, -0.1) is 0 Å². The third-order valence-electron chi connectivity index (χ3n) is 3.34.